The number of carbonyl (C=O) groups is 2. The van der Waals surface area contributed by atoms with Crippen LogP contribution in [0.2, 0.25) is 0 Å². The molecule has 1 aliphatic rings. The number of esters is 1. The monoisotopic (exact) mass is 207 g/mol. The zero-order valence-electron chi connectivity index (χ0n) is 7.71. The molecular formula is C10H9NO4. The number of fused-ring (bicyclic) bond motifs is 1. The third kappa shape index (κ3) is 1.46. The quantitative estimate of drug-likeness (QED) is 0.681. The Bertz CT molecular complexity index is 429. The summed E-state index contributed by atoms with van der Waals surface area (Å²) in [6.45, 7) is 0. The lowest BCUT2D eigenvalue weighted by molar-refractivity contribution is -0.141. The van der Waals surface area contributed by atoms with Gasteiger partial charge in [0.2, 0.25) is 0 Å². The Labute approximate surface area is 85.5 Å². The largest absolute Gasteiger partial charge is 0.480 e. The number of cyclic esters (lactones) is 1. The molecule has 15 heavy (non-hydrogen) atoms. The van der Waals surface area contributed by atoms with E-state index in [4.69, 9.17) is 15.6 Å². The van der Waals surface area contributed by atoms with Gasteiger partial charge >= 0.3 is 11.9 Å². The van der Waals surface area contributed by atoms with Crippen LogP contribution in [0.4, 0.5) is 0 Å². The fourth-order valence-electron chi connectivity index (χ4n) is 1.57. The predicted molar refractivity (Wildman–Crippen MR) is 50.2 cm³/mol. The van der Waals surface area contributed by atoms with Gasteiger partial charge in [-0.1, -0.05) is 18.2 Å². The number of nitrogens with two attached hydrogens (primary N) is 1. The molecule has 1 aromatic carbocycles. The van der Waals surface area contributed by atoms with Gasteiger partial charge in [0, 0.05) is 5.56 Å². The number of carboxylic acid groups (broad SMARTS) is 1. The highest BCUT2D eigenvalue weighted by Gasteiger charge is 2.37. The Kier molecular flexibility index (Phi) is 2.17. The van der Waals surface area contributed by atoms with Gasteiger partial charge in [0.05, 0.1) is 5.56 Å². The maximum absolute atomic E-state index is 11.3. The number of carbonyl (C=O) groups excluding carboxylic acids is 1. The molecule has 0 saturated carbocycles. The lowest BCUT2D eigenvalue weighted by atomic mass is 10.0. The van der Waals surface area contributed by atoms with E-state index in [1.807, 2.05) is 0 Å². The predicted octanol–water partition coefficient (Wildman–Crippen LogP) is 0.310. The number of hydrogen-bond donors (Lipinski definition) is 2. The molecule has 3 N–H and O–H groups in total. The van der Waals surface area contributed by atoms with Crippen LogP contribution in [0.5, 0.6) is 0 Å². The first-order valence-corrected chi connectivity index (χ1v) is 4.39. The second kappa shape index (κ2) is 3.36. The van der Waals surface area contributed by atoms with Crippen molar-refractivity contribution < 1.29 is 19.4 Å². The topological polar surface area (TPSA) is 89.6 Å². The van der Waals surface area contributed by atoms with E-state index in [1.165, 1.54) is 0 Å². The molecule has 0 aromatic heterocycles. The molecule has 2 unspecified atom stereocenters. The van der Waals surface area contributed by atoms with Gasteiger partial charge in [0.15, 0.2) is 6.10 Å². The molecule has 0 amide bonds. The molecule has 0 radical (unpaired) electrons. The summed E-state index contributed by atoms with van der Waals surface area (Å²) in [6.07, 6.45) is -0.883. The van der Waals surface area contributed by atoms with Gasteiger partial charge in [-0.15, -0.1) is 0 Å². The molecule has 1 aromatic rings. The van der Waals surface area contributed by atoms with Crippen LogP contribution in [0.25, 0.3) is 0 Å². The smallest absolute Gasteiger partial charge is 0.339 e. The minimum atomic E-state index is -1.22. The Balaban J connectivity index is 2.40. The van der Waals surface area contributed by atoms with E-state index in [1.54, 1.807) is 24.3 Å². The van der Waals surface area contributed by atoms with Gasteiger partial charge in [0.25, 0.3) is 0 Å². The van der Waals surface area contributed by atoms with Crippen LogP contribution in [0.1, 0.15) is 22.0 Å². The molecule has 78 valence electrons. The molecule has 2 rings (SSSR count). The van der Waals surface area contributed by atoms with Crippen molar-refractivity contribution in [3.8, 4) is 0 Å². The van der Waals surface area contributed by atoms with Crippen molar-refractivity contribution in [3.05, 3.63) is 35.4 Å². The van der Waals surface area contributed by atoms with Gasteiger partial charge in [-0.2, -0.15) is 0 Å². The van der Waals surface area contributed by atoms with Crippen molar-refractivity contribution >= 4 is 11.9 Å². The SMILES string of the molecule is NC(C(=O)O)C1OC(=O)c2ccccc21. The zero-order valence-corrected chi connectivity index (χ0v) is 7.71. The van der Waals surface area contributed by atoms with Crippen LogP contribution in [0.15, 0.2) is 24.3 Å². The molecule has 1 heterocycles. The van der Waals surface area contributed by atoms with Crippen molar-refractivity contribution in [1.29, 1.82) is 0 Å². The minimum absolute atomic E-state index is 0.388. The van der Waals surface area contributed by atoms with Crippen molar-refractivity contribution in [1.82, 2.24) is 0 Å². The van der Waals surface area contributed by atoms with Gasteiger partial charge in [-0.25, -0.2) is 4.79 Å². The van der Waals surface area contributed by atoms with Crippen LogP contribution in [0.3, 0.4) is 0 Å². The van der Waals surface area contributed by atoms with Gasteiger partial charge < -0.3 is 15.6 Å². The molecule has 2 atom stereocenters. The normalized spacial score (nSPS) is 20.6. The second-order valence-corrected chi connectivity index (χ2v) is 3.28. The maximum atomic E-state index is 11.3. The Hall–Kier alpha value is -1.88. The van der Waals surface area contributed by atoms with E-state index < -0.39 is 24.1 Å². The first-order valence-electron chi connectivity index (χ1n) is 4.39. The second-order valence-electron chi connectivity index (χ2n) is 3.28. The van der Waals surface area contributed by atoms with Gasteiger partial charge in [-0.3, -0.25) is 4.79 Å². The van der Waals surface area contributed by atoms with Crippen LogP contribution in [0, 0.1) is 0 Å². The zero-order chi connectivity index (χ0) is 11.0. The van der Waals surface area contributed by atoms with Gasteiger partial charge in [-0.05, 0) is 6.07 Å². The van der Waals surface area contributed by atoms with Crippen molar-refractivity contribution in [2.75, 3.05) is 0 Å². The van der Waals surface area contributed by atoms with Crippen molar-refractivity contribution in [3.63, 3.8) is 0 Å². The minimum Gasteiger partial charge on any atom is -0.480 e. The highest BCUT2D eigenvalue weighted by Crippen LogP contribution is 2.32. The first kappa shape index (κ1) is 9.67. The number of benzene rings is 1. The number of hydrogen-bond acceptors (Lipinski definition) is 4. The van der Waals surface area contributed by atoms with Crippen LogP contribution in [-0.4, -0.2) is 23.1 Å². The number of rotatable bonds is 2. The molecule has 5 nitrogen and oxygen atoms in total. The highest BCUT2D eigenvalue weighted by molar-refractivity contribution is 5.95. The van der Waals surface area contributed by atoms with E-state index in [9.17, 15) is 9.59 Å². The number of ether oxygens (including phenoxy) is 1. The summed E-state index contributed by atoms with van der Waals surface area (Å²) in [7, 11) is 0. The number of aliphatic carboxylic acids is 1. The molecule has 0 aliphatic carbocycles. The molecule has 5 heteroatoms. The summed E-state index contributed by atoms with van der Waals surface area (Å²) < 4.78 is 4.91. The average Bonchev–Trinajstić information content (AvgIpc) is 2.56. The summed E-state index contributed by atoms with van der Waals surface area (Å²) in [5, 5.41) is 8.74. The molecule has 0 fully saturated rings. The van der Waals surface area contributed by atoms with E-state index in [0.29, 0.717) is 11.1 Å². The molecule has 1 aliphatic heterocycles. The highest BCUT2D eigenvalue weighted by atomic mass is 16.6. The number of carboxylic acids is 1. The third-order valence-corrected chi connectivity index (χ3v) is 2.33. The van der Waals surface area contributed by atoms with Crippen LogP contribution in [-0.2, 0) is 9.53 Å². The summed E-state index contributed by atoms with van der Waals surface area (Å²) in [4.78, 5) is 22.0. The molecule has 0 bridgehead atoms. The summed E-state index contributed by atoms with van der Waals surface area (Å²) >= 11 is 0. The van der Waals surface area contributed by atoms with Crippen LogP contribution >= 0.6 is 0 Å². The van der Waals surface area contributed by atoms with E-state index in [-0.39, 0.29) is 0 Å². The fourth-order valence-corrected chi connectivity index (χ4v) is 1.57. The standard InChI is InChI=1S/C10H9NO4/c11-7(9(12)13)8-5-3-1-2-4-6(5)10(14)15-8/h1-4,7-8H,11H2,(H,12,13). The lowest BCUT2D eigenvalue weighted by Gasteiger charge is -2.14. The fraction of sp³-hybridized carbons (Fsp3) is 0.200. The van der Waals surface area contributed by atoms with Crippen molar-refractivity contribution in [2.45, 2.75) is 12.1 Å². The Morgan fingerprint density at radius 1 is 1.47 bits per heavy atom. The van der Waals surface area contributed by atoms with Gasteiger partial charge in [0.1, 0.15) is 6.04 Å². The Morgan fingerprint density at radius 2 is 2.13 bits per heavy atom. The van der Waals surface area contributed by atoms with Crippen LogP contribution < -0.4 is 5.73 Å². The summed E-state index contributed by atoms with van der Waals surface area (Å²) in [6, 6.07) is 5.41. The maximum Gasteiger partial charge on any atom is 0.339 e. The Morgan fingerprint density at radius 3 is 2.80 bits per heavy atom. The molecule has 0 spiro atoms. The lowest BCUT2D eigenvalue weighted by Crippen LogP contribution is -2.36. The third-order valence-electron chi connectivity index (χ3n) is 2.33. The van der Waals surface area contributed by atoms with E-state index in [0.717, 1.165) is 0 Å². The average molecular weight is 207 g/mol. The summed E-state index contributed by atoms with van der Waals surface area (Å²) in [5.41, 5.74) is 6.35. The molecular weight excluding hydrogens is 198 g/mol. The first-order chi connectivity index (χ1) is 7.11. The van der Waals surface area contributed by atoms with E-state index >= 15 is 0 Å². The summed E-state index contributed by atoms with van der Waals surface area (Å²) in [5.74, 6) is -1.71. The van der Waals surface area contributed by atoms with E-state index in [2.05, 4.69) is 0 Å². The molecule has 0 saturated heterocycles. The van der Waals surface area contributed by atoms with Crippen molar-refractivity contribution in [2.24, 2.45) is 5.73 Å².